The first-order chi connectivity index (χ1) is 19.2. The van der Waals surface area contributed by atoms with E-state index in [0.29, 0.717) is 0 Å². The largest absolute Gasteiger partial charge is 0.545 e. The zero-order valence-electron chi connectivity index (χ0n) is 26.6. The molecule has 0 bridgehead atoms. The smallest absolute Gasteiger partial charge is 0.147 e. The molecule has 0 aliphatic rings. The number of aromatic carboxylic acids is 1. The van der Waals surface area contributed by atoms with Gasteiger partial charge in [0.05, 0.1) is 55.9 Å². The Balaban J connectivity index is 0.000000968. The third-order valence-electron chi connectivity index (χ3n) is 7.70. The van der Waals surface area contributed by atoms with Crippen LogP contribution >= 0.6 is 23.2 Å². The molecule has 0 atom stereocenters. The molecular formula is C34H61Cl2NO3. The maximum Gasteiger partial charge on any atom is 0.147 e. The molecule has 6 heteroatoms. The second-order valence-electron chi connectivity index (χ2n) is 12.0. The summed E-state index contributed by atoms with van der Waals surface area (Å²) in [6, 6.07) is 2.83. The van der Waals surface area contributed by atoms with E-state index in [1.54, 1.807) is 0 Å². The summed E-state index contributed by atoms with van der Waals surface area (Å²) in [5.74, 6) is -1.39. The van der Waals surface area contributed by atoms with Crippen molar-refractivity contribution in [3.63, 3.8) is 0 Å². The maximum absolute atomic E-state index is 10.6. The minimum Gasteiger partial charge on any atom is -0.545 e. The highest BCUT2D eigenvalue weighted by atomic mass is 35.5. The molecule has 0 aliphatic carbocycles. The average Bonchev–Trinajstić information content (AvgIpc) is 2.92. The van der Waals surface area contributed by atoms with Crippen molar-refractivity contribution in [1.29, 1.82) is 0 Å². The van der Waals surface area contributed by atoms with Gasteiger partial charge in [0.2, 0.25) is 0 Å². The van der Waals surface area contributed by atoms with Gasteiger partial charge in [-0.1, -0.05) is 140 Å². The normalized spacial score (nSPS) is 11.3. The van der Waals surface area contributed by atoms with E-state index in [9.17, 15) is 9.90 Å². The van der Waals surface area contributed by atoms with Gasteiger partial charge in [0.15, 0.2) is 0 Å². The van der Waals surface area contributed by atoms with Crippen molar-refractivity contribution in [2.75, 3.05) is 34.3 Å². The van der Waals surface area contributed by atoms with Gasteiger partial charge in [-0.15, -0.1) is 0 Å². The van der Waals surface area contributed by atoms with Gasteiger partial charge in [0.1, 0.15) is 5.75 Å². The van der Waals surface area contributed by atoms with Crippen LogP contribution in [0.5, 0.6) is 5.75 Å². The van der Waals surface area contributed by atoms with Crippen molar-refractivity contribution in [3.8, 4) is 5.75 Å². The predicted molar refractivity (Wildman–Crippen MR) is 173 cm³/mol. The third kappa shape index (κ3) is 20.8. The highest BCUT2D eigenvalue weighted by Crippen LogP contribution is 2.33. The van der Waals surface area contributed by atoms with Gasteiger partial charge in [-0.05, 0) is 37.8 Å². The minimum absolute atomic E-state index is 0.0224. The van der Waals surface area contributed by atoms with Gasteiger partial charge in [0.25, 0.3) is 0 Å². The molecule has 1 aromatic rings. The molecule has 234 valence electrons. The number of halogens is 2. The zero-order valence-corrected chi connectivity index (χ0v) is 28.2. The number of ether oxygens (including phenoxy) is 1. The van der Waals surface area contributed by atoms with Crippen LogP contribution in [0.15, 0.2) is 12.1 Å². The number of carbonyl (C=O) groups is 1. The van der Waals surface area contributed by atoms with E-state index in [1.807, 2.05) is 0 Å². The summed E-state index contributed by atoms with van der Waals surface area (Å²) in [6.07, 6.45) is 29.0. The number of quaternary nitrogens is 1. The van der Waals surface area contributed by atoms with E-state index in [4.69, 9.17) is 27.9 Å². The summed E-state index contributed by atoms with van der Waals surface area (Å²) < 4.78 is 6.03. The Labute approximate surface area is 257 Å². The second kappa shape index (κ2) is 25.7. The molecule has 4 nitrogen and oxygen atoms in total. The molecule has 0 N–H and O–H groups in total. The average molecular weight is 603 g/mol. The van der Waals surface area contributed by atoms with E-state index >= 15 is 0 Å². The van der Waals surface area contributed by atoms with Gasteiger partial charge in [-0.3, -0.25) is 0 Å². The number of carboxylic acid groups (broad SMARTS) is 1. The van der Waals surface area contributed by atoms with Crippen LogP contribution in [0.25, 0.3) is 0 Å². The van der Waals surface area contributed by atoms with Crippen molar-refractivity contribution in [1.82, 2.24) is 0 Å². The first-order valence-corrected chi connectivity index (χ1v) is 17.0. The van der Waals surface area contributed by atoms with Gasteiger partial charge in [-0.25, -0.2) is 0 Å². The topological polar surface area (TPSA) is 49.4 Å². The SMILES string of the molecule is CCCCCCCCCCCC[N+](C)(C)CCCCCCCCCCCC.COc1c(Cl)ccc(Cl)c1C(=O)[O-]. The molecular weight excluding hydrogens is 541 g/mol. The molecule has 0 saturated carbocycles. The van der Waals surface area contributed by atoms with Gasteiger partial charge in [-0.2, -0.15) is 0 Å². The zero-order chi connectivity index (χ0) is 30.1. The van der Waals surface area contributed by atoms with Crippen LogP contribution in [0.4, 0.5) is 0 Å². The Morgan fingerprint density at radius 1 is 0.650 bits per heavy atom. The van der Waals surface area contributed by atoms with E-state index < -0.39 is 5.97 Å². The Hall–Kier alpha value is -0.970. The van der Waals surface area contributed by atoms with Crippen LogP contribution in [0.2, 0.25) is 10.0 Å². The molecule has 0 spiro atoms. The fourth-order valence-electron chi connectivity index (χ4n) is 5.09. The second-order valence-corrected chi connectivity index (χ2v) is 12.8. The van der Waals surface area contributed by atoms with Gasteiger partial charge < -0.3 is 19.1 Å². The van der Waals surface area contributed by atoms with Crippen molar-refractivity contribution < 1.29 is 19.1 Å². The first kappa shape index (κ1) is 39.0. The number of hydrogen-bond donors (Lipinski definition) is 0. The van der Waals surface area contributed by atoms with Crippen LogP contribution in [-0.2, 0) is 0 Å². The molecule has 0 heterocycles. The minimum atomic E-state index is -1.41. The number of carboxylic acids is 1. The third-order valence-corrected chi connectivity index (χ3v) is 8.31. The van der Waals surface area contributed by atoms with Crippen LogP contribution in [0, 0.1) is 0 Å². The molecule has 0 aromatic heterocycles. The molecule has 0 saturated heterocycles. The van der Waals surface area contributed by atoms with Gasteiger partial charge >= 0.3 is 0 Å². The molecule has 0 aliphatic heterocycles. The molecule has 0 amide bonds. The lowest BCUT2D eigenvalue weighted by atomic mass is 10.1. The maximum atomic E-state index is 10.6. The van der Waals surface area contributed by atoms with Crippen LogP contribution in [0.3, 0.4) is 0 Å². The molecule has 40 heavy (non-hydrogen) atoms. The Kier molecular flexibility index (Phi) is 25.1. The standard InChI is InChI=1S/C26H56N.C8H6Cl2O3/c1-5-7-9-11-13-15-17-19-21-23-25-27(3,4)26-24-22-20-18-16-14-12-10-8-6-2;1-13-7-5(10)3-2-4(9)6(7)8(11)12/h5-26H2,1-4H3;2-3H,1H3,(H,11,12)/q+1;/p-1. The monoisotopic (exact) mass is 601 g/mol. The lowest BCUT2D eigenvalue weighted by Crippen LogP contribution is -2.41. The summed E-state index contributed by atoms with van der Waals surface area (Å²) in [6.45, 7) is 7.37. The number of hydrogen-bond acceptors (Lipinski definition) is 3. The van der Waals surface area contributed by atoms with Crippen LogP contribution in [-0.4, -0.2) is 44.7 Å². The van der Waals surface area contributed by atoms with E-state index in [2.05, 4.69) is 27.9 Å². The highest BCUT2D eigenvalue weighted by Gasteiger charge is 2.14. The summed E-state index contributed by atoms with van der Waals surface area (Å²) in [5.41, 5.74) is -0.225. The molecule has 1 aromatic carbocycles. The molecule has 0 radical (unpaired) electrons. The number of unbranched alkanes of at least 4 members (excludes halogenated alkanes) is 18. The van der Waals surface area contributed by atoms with Crippen molar-refractivity contribution in [2.24, 2.45) is 0 Å². The fourth-order valence-corrected chi connectivity index (χ4v) is 5.55. The van der Waals surface area contributed by atoms with Crippen LogP contribution in [0.1, 0.15) is 153 Å². The number of benzene rings is 1. The number of methoxy groups -OCH3 is 1. The lowest BCUT2D eigenvalue weighted by Gasteiger charge is -2.30. The van der Waals surface area contributed by atoms with Crippen molar-refractivity contribution >= 4 is 29.2 Å². The Morgan fingerprint density at radius 2 is 0.975 bits per heavy atom. The van der Waals surface area contributed by atoms with Gasteiger partial charge in [0, 0.05) is 0 Å². The first-order valence-electron chi connectivity index (χ1n) is 16.3. The predicted octanol–water partition coefficient (Wildman–Crippen LogP) is 10.3. The van der Waals surface area contributed by atoms with E-state index in [1.165, 1.54) is 165 Å². The summed E-state index contributed by atoms with van der Waals surface area (Å²) in [4.78, 5) is 10.6. The number of rotatable bonds is 24. The number of nitrogens with zero attached hydrogens (tertiary/aromatic N) is 1. The lowest BCUT2D eigenvalue weighted by molar-refractivity contribution is -0.890. The van der Waals surface area contributed by atoms with Crippen molar-refractivity contribution in [2.45, 2.75) is 142 Å². The summed E-state index contributed by atoms with van der Waals surface area (Å²) in [7, 11) is 6.20. The molecule has 1 rings (SSSR count). The number of carbonyl (C=O) groups excluding carboxylic acids is 1. The van der Waals surface area contributed by atoms with E-state index in [-0.39, 0.29) is 21.4 Å². The molecule has 0 unspecified atom stereocenters. The fraction of sp³-hybridized carbons (Fsp3) is 0.794. The Bertz CT molecular complexity index is 729. The summed E-state index contributed by atoms with van der Waals surface area (Å²) in [5, 5.41) is 10.8. The van der Waals surface area contributed by atoms with Crippen molar-refractivity contribution in [3.05, 3.63) is 27.7 Å². The molecule has 0 fully saturated rings. The Morgan fingerprint density at radius 3 is 1.27 bits per heavy atom. The van der Waals surface area contributed by atoms with E-state index in [0.717, 1.165) is 0 Å². The summed E-state index contributed by atoms with van der Waals surface area (Å²) >= 11 is 11.3. The van der Waals surface area contributed by atoms with Crippen LogP contribution < -0.4 is 9.84 Å². The highest BCUT2D eigenvalue weighted by molar-refractivity contribution is 6.36. The quantitative estimate of drug-likeness (QED) is 0.0874.